The number of nitrogens with one attached hydrogen (secondary N) is 3. The Hall–Kier alpha value is -2.46. The summed E-state index contributed by atoms with van der Waals surface area (Å²) in [5, 5.41) is 18.0. The third-order valence-corrected chi connectivity index (χ3v) is 5.62. The fourth-order valence-electron chi connectivity index (χ4n) is 2.99. The normalized spacial score (nSPS) is 19.8. The van der Waals surface area contributed by atoms with Crippen LogP contribution in [0.4, 0.5) is 5.69 Å². The number of hydrogen-bond acceptors (Lipinski definition) is 6. The number of carbonyl (C=O) groups is 1. The van der Waals surface area contributed by atoms with Crippen molar-refractivity contribution in [1.82, 2.24) is 10.9 Å². The molecule has 9 heteroatoms. The molecule has 2 aromatic rings. The number of nitrogens with two attached hydrogens (primary N) is 1. The highest BCUT2D eigenvalue weighted by Crippen LogP contribution is 2.32. The molecule has 0 aliphatic carbocycles. The van der Waals surface area contributed by atoms with Gasteiger partial charge in [0.2, 0.25) is 15.9 Å². The minimum atomic E-state index is -3.77. The Morgan fingerprint density at radius 3 is 2.41 bits per heavy atom. The highest BCUT2D eigenvalue weighted by atomic mass is 32.2. The second-order valence-electron chi connectivity index (χ2n) is 6.68. The van der Waals surface area contributed by atoms with Crippen molar-refractivity contribution in [3.8, 4) is 5.75 Å². The number of sulfonamides is 1. The average molecular weight is 390 g/mol. The minimum absolute atomic E-state index is 0.0218. The van der Waals surface area contributed by atoms with E-state index in [0.717, 1.165) is 16.7 Å². The van der Waals surface area contributed by atoms with Crippen LogP contribution in [0.2, 0.25) is 0 Å². The number of hydrogen-bond donors (Lipinski definition) is 5. The van der Waals surface area contributed by atoms with Gasteiger partial charge in [0.15, 0.2) is 0 Å². The summed E-state index contributed by atoms with van der Waals surface area (Å²) in [5.74, 6) is -0.0753. The van der Waals surface area contributed by atoms with Crippen LogP contribution < -0.4 is 21.3 Å². The van der Waals surface area contributed by atoms with Gasteiger partial charge in [-0.1, -0.05) is 6.07 Å². The van der Waals surface area contributed by atoms with Crippen molar-refractivity contribution in [2.75, 3.05) is 5.32 Å². The molecule has 144 valence electrons. The second-order valence-corrected chi connectivity index (χ2v) is 8.24. The monoisotopic (exact) mass is 390 g/mol. The van der Waals surface area contributed by atoms with E-state index in [2.05, 4.69) is 16.2 Å². The number of primary sulfonamides is 1. The summed E-state index contributed by atoms with van der Waals surface area (Å²) < 4.78 is 22.5. The van der Waals surface area contributed by atoms with E-state index < -0.39 is 16.1 Å². The van der Waals surface area contributed by atoms with Crippen LogP contribution in [-0.2, 0) is 14.8 Å². The Morgan fingerprint density at radius 1 is 1.15 bits per heavy atom. The number of anilines is 1. The number of hydrazine groups is 1. The summed E-state index contributed by atoms with van der Waals surface area (Å²) in [6.07, 6.45) is 0.456. The van der Waals surface area contributed by atoms with Gasteiger partial charge in [-0.15, -0.1) is 0 Å². The van der Waals surface area contributed by atoms with Crippen LogP contribution in [0.25, 0.3) is 0 Å². The molecule has 0 bridgehead atoms. The lowest BCUT2D eigenvalue weighted by Gasteiger charge is -2.14. The van der Waals surface area contributed by atoms with Gasteiger partial charge in [0, 0.05) is 11.3 Å². The number of phenolic OH excluding ortho intramolecular Hbond substituents is 1. The highest BCUT2D eigenvalue weighted by Gasteiger charge is 2.31. The van der Waals surface area contributed by atoms with Gasteiger partial charge < -0.3 is 10.4 Å². The zero-order valence-electron chi connectivity index (χ0n) is 15.0. The molecule has 8 nitrogen and oxygen atoms in total. The Morgan fingerprint density at radius 2 is 1.78 bits per heavy atom. The Bertz CT molecular complexity index is 974. The van der Waals surface area contributed by atoms with Crippen LogP contribution in [-0.4, -0.2) is 25.5 Å². The standard InChI is InChI=1S/C18H22N4O4S/c1-10-7-14(17(23)8-11(10)2)15-9-16(22-21-15)18(24)20-12-3-5-13(6-4-12)27(19,25)26/h3-8,15-16,21-23H,9H2,1-2H3,(H,20,24)(H2,19,25,26). The van der Waals surface area contributed by atoms with Crippen molar-refractivity contribution in [2.45, 2.75) is 37.2 Å². The fourth-order valence-corrected chi connectivity index (χ4v) is 3.51. The zero-order chi connectivity index (χ0) is 19.8. The Kier molecular flexibility index (Phi) is 5.20. The maximum Gasteiger partial charge on any atom is 0.242 e. The first kappa shape index (κ1) is 19.3. The maximum absolute atomic E-state index is 12.5. The van der Waals surface area contributed by atoms with Crippen LogP contribution in [0.15, 0.2) is 41.3 Å². The molecule has 6 N–H and O–H groups in total. The van der Waals surface area contributed by atoms with Crippen molar-refractivity contribution in [3.05, 3.63) is 53.1 Å². The highest BCUT2D eigenvalue weighted by molar-refractivity contribution is 7.89. The molecule has 0 radical (unpaired) electrons. The van der Waals surface area contributed by atoms with Crippen molar-refractivity contribution in [3.63, 3.8) is 0 Å². The zero-order valence-corrected chi connectivity index (χ0v) is 15.8. The number of benzene rings is 2. The van der Waals surface area contributed by atoms with Gasteiger partial charge in [0.25, 0.3) is 0 Å². The molecular weight excluding hydrogens is 368 g/mol. The van der Waals surface area contributed by atoms with Crippen LogP contribution in [0.5, 0.6) is 5.75 Å². The topological polar surface area (TPSA) is 134 Å². The van der Waals surface area contributed by atoms with Crippen LogP contribution in [0.3, 0.4) is 0 Å². The van der Waals surface area contributed by atoms with Crippen LogP contribution in [0.1, 0.15) is 29.2 Å². The van der Waals surface area contributed by atoms with Gasteiger partial charge in [-0.05, 0) is 61.7 Å². The molecule has 1 fully saturated rings. The van der Waals surface area contributed by atoms with Crippen molar-refractivity contribution in [2.24, 2.45) is 5.14 Å². The lowest BCUT2D eigenvalue weighted by Crippen LogP contribution is -2.39. The molecule has 0 spiro atoms. The van der Waals surface area contributed by atoms with E-state index in [4.69, 9.17) is 5.14 Å². The van der Waals surface area contributed by atoms with Crippen molar-refractivity contribution < 1.29 is 18.3 Å². The predicted octanol–water partition coefficient (Wildman–Crippen LogP) is 1.20. The van der Waals surface area contributed by atoms with E-state index in [1.54, 1.807) is 6.07 Å². The van der Waals surface area contributed by atoms with Gasteiger partial charge in [-0.25, -0.2) is 24.4 Å². The summed E-state index contributed by atoms with van der Waals surface area (Å²) in [7, 11) is -3.77. The van der Waals surface area contributed by atoms with E-state index in [1.165, 1.54) is 24.3 Å². The molecule has 3 rings (SSSR count). The van der Waals surface area contributed by atoms with Gasteiger partial charge in [-0.3, -0.25) is 4.79 Å². The van der Waals surface area contributed by atoms with Gasteiger partial charge in [0.1, 0.15) is 11.8 Å². The number of aryl methyl sites for hydroxylation is 2. The minimum Gasteiger partial charge on any atom is -0.508 e. The number of carbonyl (C=O) groups excluding carboxylic acids is 1. The van der Waals surface area contributed by atoms with Crippen molar-refractivity contribution in [1.29, 1.82) is 0 Å². The first-order valence-corrected chi connectivity index (χ1v) is 9.94. The summed E-state index contributed by atoms with van der Waals surface area (Å²) in [5.41, 5.74) is 9.23. The van der Waals surface area contributed by atoms with E-state index in [-0.39, 0.29) is 22.6 Å². The number of amides is 1. The molecule has 1 amide bonds. The smallest absolute Gasteiger partial charge is 0.242 e. The quantitative estimate of drug-likeness (QED) is 0.533. The van der Waals surface area contributed by atoms with E-state index >= 15 is 0 Å². The molecule has 27 heavy (non-hydrogen) atoms. The van der Waals surface area contributed by atoms with Gasteiger partial charge in [-0.2, -0.15) is 0 Å². The molecule has 1 aliphatic heterocycles. The lowest BCUT2D eigenvalue weighted by molar-refractivity contribution is -0.117. The van der Waals surface area contributed by atoms with E-state index in [0.29, 0.717) is 12.1 Å². The molecule has 0 aromatic heterocycles. The number of rotatable bonds is 4. The second kappa shape index (κ2) is 7.28. The molecule has 2 unspecified atom stereocenters. The Labute approximate surface area is 157 Å². The van der Waals surface area contributed by atoms with Crippen molar-refractivity contribution >= 4 is 21.6 Å². The lowest BCUT2D eigenvalue weighted by atomic mass is 9.97. The summed E-state index contributed by atoms with van der Waals surface area (Å²) in [4.78, 5) is 12.4. The molecule has 1 heterocycles. The van der Waals surface area contributed by atoms with Gasteiger partial charge in [0.05, 0.1) is 10.9 Å². The fraction of sp³-hybridized carbons (Fsp3) is 0.278. The Balaban J connectivity index is 1.67. The molecule has 1 saturated heterocycles. The summed E-state index contributed by atoms with van der Waals surface area (Å²) in [6.45, 7) is 3.90. The van der Waals surface area contributed by atoms with E-state index in [1.807, 2.05) is 19.9 Å². The maximum atomic E-state index is 12.5. The first-order chi connectivity index (χ1) is 12.6. The predicted molar refractivity (Wildman–Crippen MR) is 101 cm³/mol. The molecule has 2 aromatic carbocycles. The largest absolute Gasteiger partial charge is 0.508 e. The molecular formula is C18H22N4O4S. The average Bonchev–Trinajstić information content (AvgIpc) is 3.08. The molecule has 2 atom stereocenters. The molecule has 1 aliphatic rings. The molecule has 0 saturated carbocycles. The van der Waals surface area contributed by atoms with Crippen LogP contribution >= 0.6 is 0 Å². The van der Waals surface area contributed by atoms with Crippen LogP contribution in [0, 0.1) is 13.8 Å². The SMILES string of the molecule is Cc1cc(O)c(C2CC(C(=O)Nc3ccc(S(N)(=O)=O)cc3)NN2)cc1C. The third kappa shape index (κ3) is 4.28. The van der Waals surface area contributed by atoms with E-state index in [9.17, 15) is 18.3 Å². The third-order valence-electron chi connectivity index (χ3n) is 4.69. The number of aromatic hydroxyl groups is 1. The summed E-state index contributed by atoms with van der Waals surface area (Å²) in [6, 6.07) is 8.55. The first-order valence-electron chi connectivity index (χ1n) is 8.40. The van der Waals surface area contributed by atoms with Gasteiger partial charge >= 0.3 is 0 Å². The summed E-state index contributed by atoms with van der Waals surface area (Å²) >= 11 is 0. The number of phenols is 1.